The van der Waals surface area contributed by atoms with Gasteiger partial charge in [0.2, 0.25) is 7.59 Å². The predicted octanol–water partition coefficient (Wildman–Crippen LogP) is 12.0. The van der Waals surface area contributed by atoms with Crippen molar-refractivity contribution in [1.82, 2.24) is 0 Å². The first-order valence-corrected chi connectivity index (χ1v) is 18.5. The number of benzene rings is 4. The molecule has 0 unspecified atom stereocenters. The Morgan fingerprint density at radius 1 is 0.578 bits per heavy atom. The van der Waals surface area contributed by atoms with Gasteiger partial charge in [-0.05, 0) is 96.9 Å². The summed E-state index contributed by atoms with van der Waals surface area (Å²) in [5.74, 6) is 0.664. The fourth-order valence-corrected chi connectivity index (χ4v) is 8.48. The smallest absolute Gasteiger partial charge is 0.394 e. The molecule has 1 aliphatic heterocycles. The van der Waals surface area contributed by atoms with Gasteiger partial charge in [-0.3, -0.25) is 4.89 Å². The summed E-state index contributed by atoms with van der Waals surface area (Å²) in [6.07, 6.45) is 7.51. The van der Waals surface area contributed by atoms with E-state index in [2.05, 4.69) is 12.1 Å². The van der Waals surface area contributed by atoms with Gasteiger partial charge in [0.1, 0.15) is 11.5 Å². The number of fused-ring (bicyclic) bond motifs is 7. The van der Waals surface area contributed by atoms with Crippen LogP contribution in [-0.2, 0) is 37.8 Å². The van der Waals surface area contributed by atoms with Crippen molar-refractivity contribution in [2.75, 3.05) is 0 Å². The summed E-state index contributed by atoms with van der Waals surface area (Å²) < 4.78 is 22.9. The zero-order valence-electron chi connectivity index (χ0n) is 23.8. The van der Waals surface area contributed by atoms with Gasteiger partial charge >= 0.3 is 7.82 Å². The fourth-order valence-electron chi connectivity index (χ4n) is 6.84. The highest BCUT2D eigenvalue weighted by Crippen LogP contribution is 2.62. The second-order valence-corrected chi connectivity index (χ2v) is 17.6. The Hall–Kier alpha value is -1.59. The first-order chi connectivity index (χ1) is 21.3. The van der Waals surface area contributed by atoms with Crippen molar-refractivity contribution in [3.8, 4) is 44.9 Å². The second kappa shape index (κ2) is 11.8. The number of phosphoric ester groups is 1. The molecule has 0 fully saturated rings. The molecule has 7 rings (SSSR count). The minimum Gasteiger partial charge on any atom is -0.394 e. The molecule has 11 heteroatoms. The molecular weight excluding hydrogens is 716 g/mol. The van der Waals surface area contributed by atoms with Crippen molar-refractivity contribution in [2.24, 2.45) is 0 Å². The van der Waals surface area contributed by atoms with Crippen molar-refractivity contribution in [3.05, 3.63) is 94.0 Å². The van der Waals surface area contributed by atoms with E-state index in [0.29, 0.717) is 33.8 Å². The molecule has 1 N–H and O–H groups in total. The summed E-state index contributed by atoms with van der Waals surface area (Å²) >= 11 is 36.9. The standard InChI is InChI=1S/C34H27Cl6O4P/c35-33(36,37)23-13-9-19(10-14-23)27-17-21-5-1-3-7-25(21)29-30-26-8-4-2-6-22(26)18-28(32(30)44-45(41,42)43-31(27)29)20-11-15-24(16-12-20)34(38,39)40/h9-18H,1-8H2,(H,41,42). The van der Waals surface area contributed by atoms with Crippen LogP contribution in [-0.4, -0.2) is 4.89 Å². The van der Waals surface area contributed by atoms with E-state index < -0.39 is 15.4 Å². The average Bonchev–Trinajstić information content (AvgIpc) is 3.13. The molecule has 0 radical (unpaired) electrons. The molecular formula is C34H27Cl6O4P. The number of hydrogen-bond acceptors (Lipinski definition) is 3. The Labute approximate surface area is 292 Å². The average molecular weight is 743 g/mol. The van der Waals surface area contributed by atoms with Crippen molar-refractivity contribution in [3.63, 3.8) is 0 Å². The van der Waals surface area contributed by atoms with E-state index in [0.717, 1.165) is 84.7 Å². The molecule has 4 aromatic rings. The van der Waals surface area contributed by atoms with Gasteiger partial charge in [0.05, 0.1) is 0 Å². The van der Waals surface area contributed by atoms with E-state index in [4.69, 9.17) is 78.7 Å². The third-order valence-corrected chi connectivity index (χ3v) is 11.1. The van der Waals surface area contributed by atoms with Crippen LogP contribution in [0.2, 0.25) is 0 Å². The van der Waals surface area contributed by atoms with Gasteiger partial charge in [-0.15, -0.1) is 0 Å². The number of rotatable bonds is 2. The van der Waals surface area contributed by atoms with Crippen LogP contribution in [0.4, 0.5) is 0 Å². The normalized spacial score (nSPS) is 17.1. The largest absolute Gasteiger partial charge is 0.584 e. The highest BCUT2D eigenvalue weighted by Gasteiger charge is 2.40. The van der Waals surface area contributed by atoms with Crippen molar-refractivity contribution >= 4 is 77.4 Å². The maximum absolute atomic E-state index is 13.9. The minimum absolute atomic E-state index is 0.332. The summed E-state index contributed by atoms with van der Waals surface area (Å²) in [6, 6.07) is 18.5. The van der Waals surface area contributed by atoms with Crippen LogP contribution in [0.5, 0.6) is 11.5 Å². The Morgan fingerprint density at radius 3 is 1.29 bits per heavy atom. The summed E-state index contributed by atoms with van der Waals surface area (Å²) in [6.45, 7) is 0. The first kappa shape index (κ1) is 32.0. The zero-order valence-corrected chi connectivity index (χ0v) is 29.2. The lowest BCUT2D eigenvalue weighted by atomic mass is 9.77. The maximum Gasteiger partial charge on any atom is 0.584 e. The molecule has 0 atom stereocenters. The van der Waals surface area contributed by atoms with Gasteiger partial charge in [-0.25, -0.2) is 4.57 Å². The topological polar surface area (TPSA) is 55.8 Å². The summed E-state index contributed by atoms with van der Waals surface area (Å²) in [5, 5.41) is 0. The quantitative estimate of drug-likeness (QED) is 0.164. The van der Waals surface area contributed by atoms with E-state index >= 15 is 0 Å². The summed E-state index contributed by atoms with van der Waals surface area (Å²) in [5.41, 5.74) is 10.2. The Morgan fingerprint density at radius 2 is 0.933 bits per heavy atom. The number of alkyl halides is 6. The minimum atomic E-state index is -4.66. The van der Waals surface area contributed by atoms with Gasteiger partial charge in [0, 0.05) is 33.4 Å². The predicted molar refractivity (Wildman–Crippen MR) is 186 cm³/mol. The Kier molecular flexibility index (Phi) is 8.41. The van der Waals surface area contributed by atoms with E-state index in [1.807, 2.05) is 24.3 Å². The van der Waals surface area contributed by atoms with Crippen LogP contribution >= 0.6 is 77.4 Å². The third-order valence-electron chi connectivity index (χ3n) is 8.91. The monoisotopic (exact) mass is 740 g/mol. The highest BCUT2D eigenvalue weighted by molar-refractivity contribution is 7.48. The van der Waals surface area contributed by atoms with Gasteiger partial charge < -0.3 is 9.05 Å². The van der Waals surface area contributed by atoms with Crippen LogP contribution in [0.25, 0.3) is 33.4 Å². The molecule has 0 aromatic heterocycles. The van der Waals surface area contributed by atoms with Crippen LogP contribution < -0.4 is 9.05 Å². The van der Waals surface area contributed by atoms with Gasteiger partial charge in [0.15, 0.2) is 0 Å². The molecule has 4 nitrogen and oxygen atoms in total. The molecule has 2 aliphatic carbocycles. The lowest BCUT2D eigenvalue weighted by Gasteiger charge is -2.28. The summed E-state index contributed by atoms with van der Waals surface area (Å²) in [7, 11) is -4.66. The Bertz CT molecular complexity index is 1730. The third kappa shape index (κ3) is 6.12. The molecule has 0 amide bonds. The van der Waals surface area contributed by atoms with Gasteiger partial charge in [-0.1, -0.05) is 118 Å². The van der Waals surface area contributed by atoms with Crippen molar-refractivity contribution < 1.29 is 18.5 Å². The van der Waals surface area contributed by atoms with Crippen LogP contribution in [0.15, 0.2) is 60.7 Å². The Balaban J connectivity index is 1.54. The molecule has 234 valence electrons. The zero-order chi connectivity index (χ0) is 31.7. The van der Waals surface area contributed by atoms with E-state index in [-0.39, 0.29) is 0 Å². The molecule has 0 bridgehead atoms. The van der Waals surface area contributed by atoms with Gasteiger partial charge in [0.25, 0.3) is 0 Å². The lowest BCUT2D eigenvalue weighted by Crippen LogP contribution is -2.10. The maximum atomic E-state index is 13.9. The molecule has 0 saturated carbocycles. The second-order valence-electron chi connectivity index (χ2n) is 11.7. The molecule has 0 saturated heterocycles. The van der Waals surface area contributed by atoms with E-state index in [1.165, 1.54) is 11.1 Å². The number of halogens is 6. The number of phosphoric acid groups is 1. The van der Waals surface area contributed by atoms with Crippen LogP contribution in [0.1, 0.15) is 59.1 Å². The first-order valence-electron chi connectivity index (χ1n) is 14.8. The van der Waals surface area contributed by atoms with E-state index in [1.54, 1.807) is 24.3 Å². The summed E-state index contributed by atoms with van der Waals surface area (Å²) in [4.78, 5) is 11.3. The molecule has 0 spiro atoms. The fraction of sp³-hybridized carbons (Fsp3) is 0.294. The van der Waals surface area contributed by atoms with E-state index in [9.17, 15) is 9.46 Å². The molecule has 1 heterocycles. The molecule has 4 aromatic carbocycles. The lowest BCUT2D eigenvalue weighted by molar-refractivity contribution is 0.295. The van der Waals surface area contributed by atoms with Crippen LogP contribution in [0, 0.1) is 0 Å². The van der Waals surface area contributed by atoms with Crippen molar-refractivity contribution in [1.29, 1.82) is 0 Å². The number of hydrogen-bond donors (Lipinski definition) is 1. The highest BCUT2D eigenvalue weighted by atomic mass is 35.6. The van der Waals surface area contributed by atoms with Crippen LogP contribution in [0.3, 0.4) is 0 Å². The SMILES string of the molecule is O=P1(O)Oc2c(-c3ccc(C(Cl)(Cl)Cl)cc3)cc3c(c2-c2c4c(cc(-c5ccc(C(Cl)(Cl)Cl)cc5)c2O1)CCCC4)CCCC3. The van der Waals surface area contributed by atoms with Crippen molar-refractivity contribution in [2.45, 2.75) is 59.0 Å². The number of aryl methyl sites for hydroxylation is 2. The molecule has 3 aliphatic rings. The van der Waals surface area contributed by atoms with Gasteiger partial charge in [-0.2, -0.15) is 0 Å². The molecule has 45 heavy (non-hydrogen) atoms.